The smallest absolute Gasteiger partial charge is 0.0623 e. The van der Waals surface area contributed by atoms with Gasteiger partial charge >= 0.3 is 0 Å². The summed E-state index contributed by atoms with van der Waals surface area (Å²) in [6.45, 7) is 6.81. The zero-order valence-corrected chi connectivity index (χ0v) is 13.9. The summed E-state index contributed by atoms with van der Waals surface area (Å²) in [5.41, 5.74) is 3.08. The van der Waals surface area contributed by atoms with Crippen molar-refractivity contribution in [2.45, 2.75) is 70.1 Å². The van der Waals surface area contributed by atoms with Gasteiger partial charge in [-0.1, -0.05) is 45.0 Å². The van der Waals surface area contributed by atoms with E-state index in [1.54, 1.807) is 0 Å². The molecular formula is C19H29NO. The molecule has 2 aliphatic heterocycles. The van der Waals surface area contributed by atoms with Crippen molar-refractivity contribution in [3.63, 3.8) is 0 Å². The van der Waals surface area contributed by atoms with Crippen LogP contribution in [-0.2, 0) is 16.6 Å². The standard InChI is InChI=1S/C19H29NO/c1-19(2,3)14-7-5-13(6-8-14)11-17(20-4)16-12-15-9-10-18(16)21-15/h5-8,15-18,20H,9-12H2,1-4H3. The van der Waals surface area contributed by atoms with Gasteiger partial charge in [0.1, 0.15) is 0 Å². The predicted molar refractivity (Wildman–Crippen MR) is 87.7 cm³/mol. The summed E-state index contributed by atoms with van der Waals surface area (Å²) in [5.74, 6) is 0.691. The summed E-state index contributed by atoms with van der Waals surface area (Å²) in [4.78, 5) is 0. The maximum atomic E-state index is 6.03. The van der Waals surface area contributed by atoms with Crippen LogP contribution in [0.4, 0.5) is 0 Å². The van der Waals surface area contributed by atoms with Gasteiger partial charge in [0.15, 0.2) is 0 Å². The third-order valence-corrected chi connectivity index (χ3v) is 5.32. The normalized spacial score (nSPS) is 29.8. The topological polar surface area (TPSA) is 21.3 Å². The van der Waals surface area contributed by atoms with Crippen molar-refractivity contribution in [1.29, 1.82) is 0 Å². The Morgan fingerprint density at radius 1 is 1.19 bits per heavy atom. The second-order valence-corrected chi connectivity index (χ2v) is 7.82. The lowest BCUT2D eigenvalue weighted by molar-refractivity contribution is 0.0863. The van der Waals surface area contributed by atoms with Gasteiger partial charge in [0.2, 0.25) is 0 Å². The fourth-order valence-corrected chi connectivity index (χ4v) is 3.96. The van der Waals surface area contributed by atoms with E-state index in [0.717, 1.165) is 6.42 Å². The number of hydrogen-bond acceptors (Lipinski definition) is 2. The Bertz CT molecular complexity index is 473. The molecule has 2 fully saturated rings. The Balaban J connectivity index is 1.67. The van der Waals surface area contributed by atoms with Crippen molar-refractivity contribution in [2.24, 2.45) is 5.92 Å². The number of nitrogens with one attached hydrogen (secondary N) is 1. The maximum Gasteiger partial charge on any atom is 0.0623 e. The van der Waals surface area contributed by atoms with Crippen LogP contribution in [0.5, 0.6) is 0 Å². The van der Waals surface area contributed by atoms with Crippen molar-refractivity contribution < 1.29 is 4.74 Å². The van der Waals surface area contributed by atoms with Crippen LogP contribution in [0.1, 0.15) is 51.2 Å². The second kappa shape index (κ2) is 5.73. The van der Waals surface area contributed by atoms with Gasteiger partial charge in [-0.25, -0.2) is 0 Å². The second-order valence-electron chi connectivity index (χ2n) is 7.82. The zero-order chi connectivity index (χ0) is 15.0. The first-order valence-electron chi connectivity index (χ1n) is 8.39. The molecular weight excluding hydrogens is 258 g/mol. The number of hydrogen-bond donors (Lipinski definition) is 1. The summed E-state index contributed by atoms with van der Waals surface area (Å²) in [7, 11) is 2.10. The van der Waals surface area contributed by atoms with Crippen LogP contribution in [0.2, 0.25) is 0 Å². The van der Waals surface area contributed by atoms with Crippen molar-refractivity contribution in [3.05, 3.63) is 35.4 Å². The van der Waals surface area contributed by atoms with E-state index < -0.39 is 0 Å². The van der Waals surface area contributed by atoms with Gasteiger partial charge in [0.05, 0.1) is 12.2 Å². The Morgan fingerprint density at radius 2 is 1.90 bits per heavy atom. The molecule has 0 aliphatic carbocycles. The number of benzene rings is 1. The molecule has 1 N–H and O–H groups in total. The Kier molecular flexibility index (Phi) is 4.11. The highest BCUT2D eigenvalue weighted by molar-refractivity contribution is 5.28. The number of fused-ring (bicyclic) bond motifs is 2. The van der Waals surface area contributed by atoms with Crippen molar-refractivity contribution in [3.8, 4) is 0 Å². The zero-order valence-electron chi connectivity index (χ0n) is 13.9. The van der Waals surface area contributed by atoms with E-state index in [9.17, 15) is 0 Å². The average Bonchev–Trinajstić information content (AvgIpc) is 3.07. The SMILES string of the molecule is CNC(Cc1ccc(C(C)(C)C)cc1)C1CC2CCC1O2. The van der Waals surface area contributed by atoms with Crippen molar-refractivity contribution in [2.75, 3.05) is 7.05 Å². The highest BCUT2D eigenvalue weighted by Crippen LogP contribution is 2.41. The summed E-state index contributed by atoms with van der Waals surface area (Å²) in [5, 5.41) is 3.54. The van der Waals surface area contributed by atoms with Crippen LogP contribution in [0.3, 0.4) is 0 Å². The Morgan fingerprint density at radius 3 is 2.38 bits per heavy atom. The summed E-state index contributed by atoms with van der Waals surface area (Å²) in [6, 6.07) is 9.73. The van der Waals surface area contributed by atoms with Gasteiger partial charge in [0, 0.05) is 12.0 Å². The van der Waals surface area contributed by atoms with Crippen molar-refractivity contribution in [1.82, 2.24) is 5.32 Å². The lowest BCUT2D eigenvalue weighted by Crippen LogP contribution is -2.40. The molecule has 1 aromatic carbocycles. The third kappa shape index (κ3) is 3.17. The first kappa shape index (κ1) is 15.1. The molecule has 4 unspecified atom stereocenters. The molecule has 2 nitrogen and oxygen atoms in total. The number of ether oxygens (including phenoxy) is 1. The third-order valence-electron chi connectivity index (χ3n) is 5.32. The monoisotopic (exact) mass is 287 g/mol. The molecule has 1 aromatic rings. The van der Waals surface area contributed by atoms with Crippen molar-refractivity contribution >= 4 is 0 Å². The predicted octanol–water partition coefficient (Wildman–Crippen LogP) is 3.68. The molecule has 0 radical (unpaired) electrons. The van der Waals surface area contributed by atoms with Gasteiger partial charge in [-0.05, 0) is 49.3 Å². The Hall–Kier alpha value is -0.860. The number of rotatable bonds is 4. The molecule has 0 spiro atoms. The van der Waals surface area contributed by atoms with Crippen LogP contribution >= 0.6 is 0 Å². The van der Waals surface area contributed by atoms with Crippen LogP contribution in [0.15, 0.2) is 24.3 Å². The van der Waals surface area contributed by atoms with Gasteiger partial charge in [-0.3, -0.25) is 0 Å². The molecule has 2 heteroatoms. The first-order chi connectivity index (χ1) is 9.97. The van der Waals surface area contributed by atoms with E-state index in [4.69, 9.17) is 4.74 Å². The van der Waals surface area contributed by atoms with Gasteiger partial charge < -0.3 is 10.1 Å². The highest BCUT2D eigenvalue weighted by Gasteiger charge is 2.43. The molecule has 0 amide bonds. The Labute approximate surface area is 129 Å². The van der Waals surface area contributed by atoms with Gasteiger partial charge in [-0.2, -0.15) is 0 Å². The molecule has 2 heterocycles. The van der Waals surface area contributed by atoms with E-state index in [2.05, 4.69) is 57.4 Å². The van der Waals surface area contributed by atoms with E-state index in [0.29, 0.717) is 24.2 Å². The molecule has 2 bridgehead atoms. The molecule has 3 rings (SSSR count). The van der Waals surface area contributed by atoms with E-state index in [-0.39, 0.29) is 5.41 Å². The van der Waals surface area contributed by atoms with Crippen LogP contribution in [0.25, 0.3) is 0 Å². The average molecular weight is 287 g/mol. The maximum absolute atomic E-state index is 6.03. The molecule has 21 heavy (non-hydrogen) atoms. The first-order valence-corrected chi connectivity index (χ1v) is 8.39. The van der Waals surface area contributed by atoms with Gasteiger partial charge in [-0.15, -0.1) is 0 Å². The minimum Gasteiger partial charge on any atom is -0.375 e. The summed E-state index contributed by atoms with van der Waals surface area (Å²) in [6.07, 6.45) is 5.93. The fraction of sp³-hybridized carbons (Fsp3) is 0.684. The highest BCUT2D eigenvalue weighted by atomic mass is 16.5. The summed E-state index contributed by atoms with van der Waals surface area (Å²) < 4.78 is 6.03. The molecule has 0 saturated carbocycles. The lowest BCUT2D eigenvalue weighted by Gasteiger charge is -2.28. The molecule has 4 atom stereocenters. The molecule has 116 valence electrons. The molecule has 0 aromatic heterocycles. The van der Waals surface area contributed by atoms with E-state index in [1.807, 2.05) is 0 Å². The van der Waals surface area contributed by atoms with Crippen LogP contribution in [-0.4, -0.2) is 25.3 Å². The minimum atomic E-state index is 0.235. The lowest BCUT2D eigenvalue weighted by atomic mass is 9.81. The molecule has 2 saturated heterocycles. The van der Waals surface area contributed by atoms with Crippen LogP contribution < -0.4 is 5.32 Å². The quantitative estimate of drug-likeness (QED) is 0.912. The van der Waals surface area contributed by atoms with E-state index >= 15 is 0 Å². The van der Waals surface area contributed by atoms with Gasteiger partial charge in [0.25, 0.3) is 0 Å². The number of likely N-dealkylation sites (N-methyl/N-ethyl adjacent to an activating group) is 1. The molecule has 2 aliphatic rings. The summed E-state index contributed by atoms with van der Waals surface area (Å²) >= 11 is 0. The fourth-order valence-electron chi connectivity index (χ4n) is 3.96. The minimum absolute atomic E-state index is 0.235. The van der Waals surface area contributed by atoms with E-state index in [1.165, 1.54) is 30.4 Å². The van der Waals surface area contributed by atoms with Crippen LogP contribution in [0, 0.1) is 5.92 Å². The largest absolute Gasteiger partial charge is 0.375 e.